The van der Waals surface area contributed by atoms with Crippen molar-refractivity contribution in [3.8, 4) is 11.4 Å². The number of likely N-dealkylation sites (tertiary alicyclic amines) is 1. The maximum absolute atomic E-state index is 13.0. The molecule has 0 unspecified atom stereocenters. The number of nitrogens with zero attached hydrogens (tertiary/aromatic N) is 5. The summed E-state index contributed by atoms with van der Waals surface area (Å²) in [5, 5.41) is 3.93. The van der Waals surface area contributed by atoms with Crippen LogP contribution in [-0.4, -0.2) is 82.5 Å². The molecule has 2 aromatic rings. The fourth-order valence-corrected chi connectivity index (χ4v) is 4.21. The molecule has 2 amide bonds. The SMILES string of the molecule is O=C(CCCc1nc(-c2ccc(F)cc2)no1)N1CCN(CC(=O)N2CCCCC2)CC1. The van der Waals surface area contributed by atoms with E-state index < -0.39 is 0 Å². The minimum atomic E-state index is -0.314. The van der Waals surface area contributed by atoms with Gasteiger partial charge >= 0.3 is 0 Å². The molecule has 0 bridgehead atoms. The predicted molar refractivity (Wildman–Crippen MR) is 116 cm³/mol. The quantitative estimate of drug-likeness (QED) is 0.653. The van der Waals surface area contributed by atoms with Gasteiger partial charge in [0.25, 0.3) is 0 Å². The Kier molecular flexibility index (Phi) is 7.47. The third-order valence-electron chi connectivity index (χ3n) is 6.14. The van der Waals surface area contributed by atoms with Crippen LogP contribution in [0, 0.1) is 5.82 Å². The third-order valence-corrected chi connectivity index (χ3v) is 6.14. The average molecular weight is 444 g/mol. The van der Waals surface area contributed by atoms with E-state index in [1.54, 1.807) is 12.1 Å². The van der Waals surface area contributed by atoms with E-state index in [-0.39, 0.29) is 17.6 Å². The van der Waals surface area contributed by atoms with E-state index in [0.717, 1.165) is 39.0 Å². The Labute approximate surface area is 187 Å². The number of aromatic nitrogens is 2. The number of benzene rings is 1. The topological polar surface area (TPSA) is 82.8 Å². The van der Waals surface area contributed by atoms with Crippen LogP contribution in [0.15, 0.2) is 28.8 Å². The van der Waals surface area contributed by atoms with E-state index in [0.29, 0.717) is 56.2 Å². The number of hydrogen-bond acceptors (Lipinski definition) is 6. The Bertz CT molecular complexity index is 903. The molecule has 1 aromatic heterocycles. The predicted octanol–water partition coefficient (Wildman–Crippen LogP) is 2.36. The van der Waals surface area contributed by atoms with E-state index in [1.807, 2.05) is 9.80 Å². The van der Waals surface area contributed by atoms with Crippen LogP contribution in [0.5, 0.6) is 0 Å². The number of rotatable bonds is 7. The average Bonchev–Trinajstić information content (AvgIpc) is 3.29. The summed E-state index contributed by atoms with van der Waals surface area (Å²) < 4.78 is 18.3. The zero-order valence-corrected chi connectivity index (χ0v) is 18.3. The van der Waals surface area contributed by atoms with Crippen molar-refractivity contribution in [1.29, 1.82) is 0 Å². The van der Waals surface area contributed by atoms with Gasteiger partial charge in [0.2, 0.25) is 23.5 Å². The molecule has 0 saturated carbocycles. The highest BCUT2D eigenvalue weighted by atomic mass is 19.1. The van der Waals surface area contributed by atoms with Crippen LogP contribution in [0.2, 0.25) is 0 Å². The molecule has 32 heavy (non-hydrogen) atoms. The van der Waals surface area contributed by atoms with Gasteiger partial charge in [0.1, 0.15) is 5.82 Å². The molecule has 0 atom stereocenters. The van der Waals surface area contributed by atoms with Gasteiger partial charge in [-0.25, -0.2) is 4.39 Å². The van der Waals surface area contributed by atoms with Crippen molar-refractivity contribution in [3.05, 3.63) is 36.0 Å². The smallest absolute Gasteiger partial charge is 0.236 e. The van der Waals surface area contributed by atoms with Gasteiger partial charge in [-0.3, -0.25) is 14.5 Å². The Balaban J connectivity index is 1.16. The summed E-state index contributed by atoms with van der Waals surface area (Å²) in [7, 11) is 0. The second kappa shape index (κ2) is 10.7. The van der Waals surface area contributed by atoms with Crippen LogP contribution in [-0.2, 0) is 16.0 Å². The first kappa shape index (κ1) is 22.4. The van der Waals surface area contributed by atoms with Gasteiger partial charge in [-0.05, 0) is 49.9 Å². The number of amides is 2. The number of hydrogen-bond donors (Lipinski definition) is 0. The molecular weight excluding hydrogens is 413 g/mol. The number of piperidine rings is 1. The molecule has 0 spiro atoms. The Morgan fingerprint density at radius 3 is 2.31 bits per heavy atom. The second-order valence-corrected chi connectivity index (χ2v) is 8.47. The summed E-state index contributed by atoms with van der Waals surface area (Å²) in [4.78, 5) is 35.3. The number of piperazine rings is 1. The molecular formula is C23H30FN5O3. The summed E-state index contributed by atoms with van der Waals surface area (Å²) in [6.45, 7) is 4.98. The molecule has 0 radical (unpaired) electrons. The Morgan fingerprint density at radius 2 is 1.59 bits per heavy atom. The zero-order valence-electron chi connectivity index (χ0n) is 18.3. The highest BCUT2D eigenvalue weighted by Gasteiger charge is 2.24. The maximum atomic E-state index is 13.0. The molecule has 1 aromatic carbocycles. The van der Waals surface area contributed by atoms with Crippen molar-refractivity contribution < 1.29 is 18.5 Å². The fourth-order valence-electron chi connectivity index (χ4n) is 4.21. The van der Waals surface area contributed by atoms with Crippen molar-refractivity contribution in [2.24, 2.45) is 0 Å². The van der Waals surface area contributed by atoms with E-state index in [2.05, 4.69) is 15.0 Å². The molecule has 9 heteroatoms. The first-order valence-electron chi connectivity index (χ1n) is 11.4. The Hall–Kier alpha value is -2.81. The maximum Gasteiger partial charge on any atom is 0.236 e. The molecule has 2 saturated heterocycles. The monoisotopic (exact) mass is 443 g/mol. The van der Waals surface area contributed by atoms with Crippen molar-refractivity contribution in [2.75, 3.05) is 45.8 Å². The van der Waals surface area contributed by atoms with E-state index in [4.69, 9.17) is 4.52 Å². The lowest BCUT2D eigenvalue weighted by Crippen LogP contribution is -2.52. The molecule has 2 aliphatic rings. The molecule has 2 aliphatic heterocycles. The van der Waals surface area contributed by atoms with Gasteiger partial charge in [0, 0.05) is 57.7 Å². The standard InChI is InChI=1S/C23H30FN5O3/c24-19-9-7-18(8-10-19)23-25-20(32-26-23)5-4-6-21(30)29-15-13-27(14-16-29)17-22(31)28-11-2-1-3-12-28/h7-10H,1-6,11-17H2. The van der Waals surface area contributed by atoms with Gasteiger partial charge in [-0.1, -0.05) is 5.16 Å². The number of carbonyl (C=O) groups excluding carboxylic acids is 2. The third kappa shape index (κ3) is 5.91. The molecule has 4 rings (SSSR count). The highest BCUT2D eigenvalue weighted by Crippen LogP contribution is 2.17. The summed E-state index contributed by atoms with van der Waals surface area (Å²) in [6.07, 6.45) is 4.98. The molecule has 8 nitrogen and oxygen atoms in total. The number of halogens is 1. The van der Waals surface area contributed by atoms with Gasteiger partial charge in [0.05, 0.1) is 6.54 Å². The van der Waals surface area contributed by atoms with E-state index >= 15 is 0 Å². The summed E-state index contributed by atoms with van der Waals surface area (Å²) >= 11 is 0. The highest BCUT2D eigenvalue weighted by molar-refractivity contribution is 5.78. The van der Waals surface area contributed by atoms with Gasteiger partial charge in [-0.2, -0.15) is 4.98 Å². The zero-order chi connectivity index (χ0) is 22.3. The van der Waals surface area contributed by atoms with Gasteiger partial charge in [0.15, 0.2) is 0 Å². The lowest BCUT2D eigenvalue weighted by molar-refractivity contribution is -0.135. The number of aryl methyl sites for hydroxylation is 1. The lowest BCUT2D eigenvalue weighted by atomic mass is 10.1. The molecule has 0 N–H and O–H groups in total. The van der Waals surface area contributed by atoms with Crippen LogP contribution in [0.4, 0.5) is 4.39 Å². The first-order chi connectivity index (χ1) is 15.6. The van der Waals surface area contributed by atoms with E-state index in [1.165, 1.54) is 18.6 Å². The molecule has 2 fully saturated rings. The molecule has 172 valence electrons. The van der Waals surface area contributed by atoms with E-state index in [9.17, 15) is 14.0 Å². The van der Waals surface area contributed by atoms with Gasteiger partial charge < -0.3 is 14.3 Å². The van der Waals surface area contributed by atoms with Crippen LogP contribution >= 0.6 is 0 Å². The lowest BCUT2D eigenvalue weighted by Gasteiger charge is -2.36. The first-order valence-corrected chi connectivity index (χ1v) is 11.4. The van der Waals surface area contributed by atoms with Crippen LogP contribution in [0.1, 0.15) is 38.0 Å². The van der Waals surface area contributed by atoms with Crippen molar-refractivity contribution in [3.63, 3.8) is 0 Å². The van der Waals surface area contributed by atoms with Crippen LogP contribution in [0.25, 0.3) is 11.4 Å². The minimum Gasteiger partial charge on any atom is -0.342 e. The Morgan fingerprint density at radius 1 is 0.906 bits per heavy atom. The largest absolute Gasteiger partial charge is 0.342 e. The second-order valence-electron chi connectivity index (χ2n) is 8.47. The summed E-state index contributed by atoms with van der Waals surface area (Å²) in [5.74, 6) is 0.902. The normalized spacial score (nSPS) is 17.5. The van der Waals surface area contributed by atoms with Crippen LogP contribution in [0.3, 0.4) is 0 Å². The number of carbonyl (C=O) groups is 2. The summed E-state index contributed by atoms with van der Waals surface area (Å²) in [6, 6.07) is 5.92. The van der Waals surface area contributed by atoms with Crippen LogP contribution < -0.4 is 0 Å². The van der Waals surface area contributed by atoms with Crippen molar-refractivity contribution >= 4 is 11.8 Å². The van der Waals surface area contributed by atoms with Crippen molar-refractivity contribution in [1.82, 2.24) is 24.8 Å². The molecule has 3 heterocycles. The fraction of sp³-hybridized carbons (Fsp3) is 0.565. The minimum absolute atomic E-state index is 0.116. The molecule has 0 aliphatic carbocycles. The van der Waals surface area contributed by atoms with Gasteiger partial charge in [-0.15, -0.1) is 0 Å². The summed E-state index contributed by atoms with van der Waals surface area (Å²) in [5.41, 5.74) is 0.689. The van der Waals surface area contributed by atoms with Crippen molar-refractivity contribution in [2.45, 2.75) is 38.5 Å².